The summed E-state index contributed by atoms with van der Waals surface area (Å²) in [7, 11) is -3.54. The highest BCUT2D eigenvalue weighted by Crippen LogP contribution is 2.28. The molecule has 0 radical (unpaired) electrons. The van der Waals surface area contributed by atoms with Crippen LogP contribution in [-0.4, -0.2) is 63.4 Å². The van der Waals surface area contributed by atoms with Crippen LogP contribution in [0.3, 0.4) is 0 Å². The lowest BCUT2D eigenvalue weighted by Gasteiger charge is -2.36. The van der Waals surface area contributed by atoms with Gasteiger partial charge in [0.15, 0.2) is 9.84 Å². The number of hydrogen-bond donors (Lipinski definition) is 3. The van der Waals surface area contributed by atoms with E-state index in [4.69, 9.17) is 5.73 Å². The molecule has 1 fully saturated rings. The second-order valence-corrected chi connectivity index (χ2v) is 10.2. The van der Waals surface area contributed by atoms with Gasteiger partial charge in [0.2, 0.25) is 0 Å². The second kappa shape index (κ2) is 10.8. The molecule has 9 heteroatoms. The van der Waals surface area contributed by atoms with Gasteiger partial charge >= 0.3 is 6.03 Å². The van der Waals surface area contributed by atoms with Crippen molar-refractivity contribution in [1.82, 2.24) is 4.90 Å². The van der Waals surface area contributed by atoms with Gasteiger partial charge in [0, 0.05) is 38.1 Å². The van der Waals surface area contributed by atoms with Crippen molar-refractivity contribution in [3.05, 3.63) is 54.1 Å². The summed E-state index contributed by atoms with van der Waals surface area (Å²) in [5.74, 6) is 0. The van der Waals surface area contributed by atoms with Gasteiger partial charge in [-0.15, -0.1) is 0 Å². The summed E-state index contributed by atoms with van der Waals surface area (Å²) < 4.78 is 23.8. The van der Waals surface area contributed by atoms with E-state index in [1.807, 2.05) is 6.07 Å². The normalized spacial score (nSPS) is 16.0. The summed E-state index contributed by atoms with van der Waals surface area (Å²) in [4.78, 5) is 16.1. The van der Waals surface area contributed by atoms with Gasteiger partial charge in [-0.1, -0.05) is 24.3 Å². The number of unbranched alkanes of at least 4 members (excludes halogenated alkanes) is 1. The van der Waals surface area contributed by atoms with Crippen molar-refractivity contribution in [2.24, 2.45) is 5.73 Å². The van der Waals surface area contributed by atoms with Gasteiger partial charge in [0.1, 0.15) is 0 Å². The Morgan fingerprint density at radius 3 is 2.41 bits per heavy atom. The van der Waals surface area contributed by atoms with E-state index < -0.39 is 22.0 Å². The molecular formula is C23H32N4O4S. The molecule has 3 rings (SSSR count). The van der Waals surface area contributed by atoms with Gasteiger partial charge in [-0.2, -0.15) is 0 Å². The number of aliphatic hydroxyl groups is 1. The van der Waals surface area contributed by atoms with Gasteiger partial charge in [-0.3, -0.25) is 4.90 Å². The number of nitrogens with zero attached hydrogens (tertiary/aromatic N) is 2. The van der Waals surface area contributed by atoms with Gasteiger partial charge in [0.25, 0.3) is 0 Å². The largest absolute Gasteiger partial charge is 0.388 e. The molecule has 1 aliphatic heterocycles. The number of carbonyl (C=O) groups excluding carboxylic acids is 1. The van der Waals surface area contributed by atoms with Crippen LogP contribution in [0.5, 0.6) is 0 Å². The predicted octanol–water partition coefficient (Wildman–Crippen LogP) is 2.61. The Bertz CT molecular complexity index is 1010. The molecule has 0 bridgehead atoms. The number of hydrogen-bond acceptors (Lipinski definition) is 6. The lowest BCUT2D eigenvalue weighted by molar-refractivity contribution is 0.160. The second-order valence-electron chi connectivity index (χ2n) is 8.19. The average Bonchev–Trinajstić information content (AvgIpc) is 2.76. The first-order valence-electron chi connectivity index (χ1n) is 10.8. The fourth-order valence-corrected chi connectivity index (χ4v) is 4.84. The van der Waals surface area contributed by atoms with Crippen molar-refractivity contribution in [3.63, 3.8) is 0 Å². The Kier molecular flexibility index (Phi) is 8.11. The van der Waals surface area contributed by atoms with E-state index in [0.717, 1.165) is 51.8 Å². The van der Waals surface area contributed by atoms with E-state index in [-0.39, 0.29) is 10.6 Å². The minimum absolute atomic E-state index is 0.0260. The fourth-order valence-electron chi connectivity index (χ4n) is 4.02. The molecule has 32 heavy (non-hydrogen) atoms. The van der Waals surface area contributed by atoms with Crippen LogP contribution < -0.4 is 16.0 Å². The minimum Gasteiger partial charge on any atom is -0.388 e. The van der Waals surface area contributed by atoms with Crippen LogP contribution in [0, 0.1) is 0 Å². The molecule has 1 heterocycles. The third-order valence-electron chi connectivity index (χ3n) is 5.74. The zero-order valence-electron chi connectivity index (χ0n) is 18.4. The molecule has 2 aromatic carbocycles. The van der Waals surface area contributed by atoms with Gasteiger partial charge in [-0.05, 0) is 55.6 Å². The van der Waals surface area contributed by atoms with Gasteiger partial charge < -0.3 is 21.1 Å². The number of para-hydroxylation sites is 1. The number of nitrogens with one attached hydrogen (secondary N) is 1. The predicted molar refractivity (Wildman–Crippen MR) is 127 cm³/mol. The summed E-state index contributed by atoms with van der Waals surface area (Å²) >= 11 is 0. The van der Waals surface area contributed by atoms with E-state index in [1.54, 1.807) is 6.07 Å². The summed E-state index contributed by atoms with van der Waals surface area (Å²) in [6.45, 7) is 5.04. The Balaban J connectivity index is 1.46. The van der Waals surface area contributed by atoms with Crippen molar-refractivity contribution in [2.45, 2.75) is 30.3 Å². The molecule has 1 atom stereocenters. The topological polar surface area (TPSA) is 116 Å². The lowest BCUT2D eigenvalue weighted by atomic mass is 10.0. The van der Waals surface area contributed by atoms with Crippen molar-refractivity contribution >= 4 is 27.2 Å². The quantitative estimate of drug-likeness (QED) is 0.496. The number of benzene rings is 2. The van der Waals surface area contributed by atoms with Crippen LogP contribution in [-0.2, 0) is 9.84 Å². The Morgan fingerprint density at radius 2 is 1.78 bits per heavy atom. The van der Waals surface area contributed by atoms with Crippen LogP contribution in [0.4, 0.5) is 16.2 Å². The Morgan fingerprint density at radius 1 is 1.09 bits per heavy atom. The molecule has 0 spiro atoms. The number of nitrogens with two attached hydrogens (primary N) is 1. The number of amides is 2. The summed E-state index contributed by atoms with van der Waals surface area (Å²) in [6, 6.07) is 14.0. The fraction of sp³-hybridized carbons (Fsp3) is 0.435. The number of rotatable bonds is 9. The molecule has 4 N–H and O–H groups in total. The maximum Gasteiger partial charge on any atom is 0.316 e. The summed E-state index contributed by atoms with van der Waals surface area (Å²) in [5.41, 5.74) is 7.07. The highest BCUT2D eigenvalue weighted by molar-refractivity contribution is 7.90. The number of sulfone groups is 1. The van der Waals surface area contributed by atoms with E-state index in [9.17, 15) is 18.3 Å². The summed E-state index contributed by atoms with van der Waals surface area (Å²) in [5, 5.41) is 12.9. The molecule has 2 amide bonds. The smallest absolute Gasteiger partial charge is 0.316 e. The summed E-state index contributed by atoms with van der Waals surface area (Å²) in [6.07, 6.45) is 2.68. The third-order valence-corrected chi connectivity index (χ3v) is 6.90. The standard InChI is InChI=1S/C23H32N4O4S/c1-32(30,31)22-11-10-18(17-20(22)25-23(24)29)21(28)9-5-6-12-26-13-15-27(16-14-26)19-7-3-2-4-8-19/h2-4,7-8,10-11,17,21,28H,5-6,9,12-16H2,1H3,(H3,24,25,29). The maximum atomic E-state index is 11.9. The molecule has 0 saturated carbocycles. The molecule has 1 saturated heterocycles. The molecule has 174 valence electrons. The van der Waals surface area contributed by atoms with Crippen LogP contribution >= 0.6 is 0 Å². The van der Waals surface area contributed by atoms with Crippen molar-refractivity contribution < 1.29 is 18.3 Å². The lowest BCUT2D eigenvalue weighted by Crippen LogP contribution is -2.46. The van der Waals surface area contributed by atoms with E-state index in [0.29, 0.717) is 12.0 Å². The van der Waals surface area contributed by atoms with Crippen LogP contribution in [0.25, 0.3) is 0 Å². The zero-order valence-corrected chi connectivity index (χ0v) is 19.2. The maximum absolute atomic E-state index is 11.9. The molecule has 1 aliphatic rings. The third kappa shape index (κ3) is 6.69. The number of urea groups is 1. The Labute approximate surface area is 189 Å². The molecule has 8 nitrogen and oxygen atoms in total. The van der Waals surface area contributed by atoms with E-state index in [2.05, 4.69) is 39.4 Å². The number of piperazine rings is 1. The van der Waals surface area contributed by atoms with E-state index >= 15 is 0 Å². The SMILES string of the molecule is CS(=O)(=O)c1ccc(C(O)CCCCN2CCN(c3ccccc3)CC2)cc1NC(N)=O. The van der Waals surface area contributed by atoms with Crippen LogP contribution in [0.15, 0.2) is 53.4 Å². The molecule has 1 unspecified atom stereocenters. The number of primary amides is 1. The molecule has 0 aromatic heterocycles. The van der Waals surface area contributed by atoms with E-state index in [1.165, 1.54) is 17.8 Å². The highest BCUT2D eigenvalue weighted by Gasteiger charge is 2.19. The first-order valence-corrected chi connectivity index (χ1v) is 12.7. The van der Waals surface area contributed by atoms with Crippen LogP contribution in [0.1, 0.15) is 30.9 Å². The number of carbonyl (C=O) groups is 1. The minimum atomic E-state index is -3.54. The molecule has 0 aliphatic carbocycles. The first-order chi connectivity index (χ1) is 15.2. The Hall–Kier alpha value is -2.62. The monoisotopic (exact) mass is 460 g/mol. The first kappa shape index (κ1) is 24.0. The highest BCUT2D eigenvalue weighted by atomic mass is 32.2. The zero-order chi connectivity index (χ0) is 23.1. The van der Waals surface area contributed by atoms with Gasteiger partial charge in [0.05, 0.1) is 16.7 Å². The molecule has 2 aromatic rings. The number of aliphatic hydroxyl groups excluding tert-OH is 1. The van der Waals surface area contributed by atoms with Gasteiger partial charge in [-0.25, -0.2) is 13.2 Å². The number of anilines is 2. The van der Waals surface area contributed by atoms with Crippen molar-refractivity contribution in [3.8, 4) is 0 Å². The van der Waals surface area contributed by atoms with Crippen LogP contribution in [0.2, 0.25) is 0 Å². The average molecular weight is 461 g/mol. The van der Waals surface area contributed by atoms with Crippen molar-refractivity contribution in [1.29, 1.82) is 0 Å². The van der Waals surface area contributed by atoms with Crippen molar-refractivity contribution in [2.75, 3.05) is 49.2 Å². The molecular weight excluding hydrogens is 428 g/mol.